The number of benzene rings is 1. The maximum Gasteiger partial charge on any atom is 0.460 e. The lowest BCUT2D eigenvalue weighted by Gasteiger charge is -2.42. The third-order valence-electron chi connectivity index (χ3n) is 9.98. The third-order valence-corrected chi connectivity index (χ3v) is 10.9. The maximum absolute atomic E-state index is 13.8. The van der Waals surface area contributed by atoms with E-state index in [2.05, 4.69) is 27.4 Å². The largest absolute Gasteiger partial charge is 0.460 e. The summed E-state index contributed by atoms with van der Waals surface area (Å²) < 4.78 is 331. The van der Waals surface area contributed by atoms with Crippen molar-refractivity contribution in [2.75, 3.05) is 39.3 Å². The van der Waals surface area contributed by atoms with Crippen LogP contribution in [0.1, 0.15) is 110 Å². The number of alkyl halides is 17. The molecule has 0 aliphatic heterocycles. The molecule has 0 fully saturated rings. The fraction of sp³-hybridized carbons (Fsp3) is 0.775. The summed E-state index contributed by atoms with van der Waals surface area (Å²) in [5.74, 6) is -84.1. The average Bonchev–Trinajstić information content (AvgIpc) is 3.28. The summed E-state index contributed by atoms with van der Waals surface area (Å²) in [5, 5.41) is 10.5. The van der Waals surface area contributed by atoms with Crippen molar-refractivity contribution in [1.29, 1.82) is 0 Å². The first kappa shape index (κ1) is 72.4. The number of halogens is 23. The van der Waals surface area contributed by atoms with Crippen LogP contribution in [0.2, 0.25) is 0 Å². The lowest BCUT2D eigenvalue weighted by molar-refractivity contribution is -0.460. The highest BCUT2D eigenvalue weighted by Gasteiger charge is 2.95. The number of allylic oxidation sites excluding steroid dienone is 1. The highest BCUT2D eigenvalue weighted by Crippen LogP contribution is 2.64. The fourth-order valence-corrected chi connectivity index (χ4v) is 6.53. The average molecular weight is 1150 g/mol. The number of nitrogens with two attached hydrogens (primary N) is 4. The van der Waals surface area contributed by atoms with Gasteiger partial charge in [0.25, 0.3) is 0 Å². The van der Waals surface area contributed by atoms with Crippen molar-refractivity contribution in [3.05, 3.63) is 35.1 Å². The van der Waals surface area contributed by atoms with Gasteiger partial charge in [-0.05, 0) is 6.42 Å². The van der Waals surface area contributed by atoms with Crippen LogP contribution in [0.5, 0.6) is 5.75 Å². The molecule has 34 heteroatoms. The minimum Gasteiger partial charge on any atom is -0.425 e. The molecule has 10 nitrogen and oxygen atoms in total. The molecule has 0 bridgehead atoms. The van der Waals surface area contributed by atoms with Gasteiger partial charge in [0.05, 0.1) is 0 Å². The van der Waals surface area contributed by atoms with E-state index in [0.717, 1.165) is 32.6 Å². The van der Waals surface area contributed by atoms with Crippen LogP contribution >= 0.6 is 0 Å². The van der Waals surface area contributed by atoms with Crippen molar-refractivity contribution in [1.82, 2.24) is 10.6 Å². The normalized spacial score (nSPS) is 13.7. The topological polar surface area (TPSA) is 189 Å². The Balaban J connectivity index is 0. The Labute approximate surface area is 409 Å². The number of carbonyl (C=O) groups is 1. The lowest BCUT2D eigenvalue weighted by Crippen LogP contribution is -2.74. The van der Waals surface area contributed by atoms with Gasteiger partial charge in [-0.2, -0.15) is 87.8 Å². The Kier molecular flexibility index (Phi) is 30.3. The Morgan fingerprint density at radius 1 is 0.500 bits per heavy atom. The monoisotopic (exact) mass is 1150 g/mol. The molecule has 0 aromatic heterocycles. The van der Waals surface area contributed by atoms with Gasteiger partial charge in [-0.1, -0.05) is 96.8 Å². The lowest BCUT2D eigenvalue weighted by atomic mass is 9.88. The number of primary amides is 1. The van der Waals surface area contributed by atoms with Crippen molar-refractivity contribution in [2.24, 2.45) is 22.3 Å². The number of primary sulfonamides is 1. The number of hydrogen-bond donors (Lipinski definition) is 6. The summed E-state index contributed by atoms with van der Waals surface area (Å²) in [6.45, 7) is 7.41. The maximum atomic E-state index is 13.8. The molecule has 0 saturated carbocycles. The molecule has 74 heavy (non-hydrogen) atoms. The van der Waals surface area contributed by atoms with Crippen LogP contribution in [0.3, 0.4) is 0 Å². The van der Waals surface area contributed by atoms with Gasteiger partial charge in [-0.15, -0.1) is 0 Å². The zero-order valence-electron chi connectivity index (χ0n) is 39.1. The van der Waals surface area contributed by atoms with Gasteiger partial charge in [-0.3, -0.25) is 4.79 Å². The first-order chi connectivity index (χ1) is 33.6. The molecule has 1 aromatic rings. The molecular weight excluding hydrogens is 1100 g/mol. The molecule has 0 unspecified atom stereocenters. The molecule has 1 amide bonds. The molecule has 0 aliphatic rings. The predicted molar refractivity (Wildman–Crippen MR) is 221 cm³/mol. The van der Waals surface area contributed by atoms with Gasteiger partial charge in [0, 0.05) is 45.7 Å². The highest BCUT2D eigenvalue weighted by atomic mass is 32.2. The van der Waals surface area contributed by atoms with E-state index in [0.29, 0.717) is 19.5 Å². The summed E-state index contributed by atoms with van der Waals surface area (Å²) >= 11 is 0. The van der Waals surface area contributed by atoms with Gasteiger partial charge in [0.1, 0.15) is 0 Å². The number of rotatable bonds is 33. The molecule has 0 spiro atoms. The second-order valence-electron chi connectivity index (χ2n) is 15.9. The van der Waals surface area contributed by atoms with Crippen molar-refractivity contribution in [3.63, 3.8) is 0 Å². The number of sulfonamides is 1. The summed E-state index contributed by atoms with van der Waals surface area (Å²) in [6.07, 6.45) is 12.8. The van der Waals surface area contributed by atoms with Crippen LogP contribution in [0, 0.1) is 23.3 Å². The van der Waals surface area contributed by atoms with Crippen molar-refractivity contribution in [2.45, 2.75) is 162 Å². The first-order valence-electron chi connectivity index (χ1n) is 22.1. The smallest absolute Gasteiger partial charge is 0.425 e. The van der Waals surface area contributed by atoms with E-state index in [1.807, 2.05) is 0 Å². The number of amides is 1. The molecule has 1 rings (SSSR count). The minimum absolute atomic E-state index is 0.153. The van der Waals surface area contributed by atoms with Crippen LogP contribution in [-0.2, 0) is 14.8 Å². The van der Waals surface area contributed by atoms with Gasteiger partial charge < -0.3 is 32.6 Å². The van der Waals surface area contributed by atoms with Crippen LogP contribution in [-0.4, -0.2) is 101 Å². The number of unbranched alkanes of at least 4 members (excludes halogenated alkanes) is 14. The molecule has 438 valence electrons. The highest BCUT2D eigenvalue weighted by molar-refractivity contribution is 7.89. The zero-order chi connectivity index (χ0) is 58.4. The SMILES string of the molecule is CCCCCCCCCCCCCCCCCC(N)=O.NCCNCCNCCN.NS(=O)(=O)c1c(F)c(F)c(F)c(F)c1OC(F)=C(F)C(F)(F)C(F)(F)C(F)(F)C(F)(F)C(F)(F)C(F)(F)C(F)(F)C(F)(F)F. The first-order valence-corrected chi connectivity index (χ1v) is 23.6. The van der Waals surface area contributed by atoms with Gasteiger partial charge >= 0.3 is 53.6 Å². The van der Waals surface area contributed by atoms with Crippen molar-refractivity contribution in [3.8, 4) is 5.75 Å². The van der Waals surface area contributed by atoms with Gasteiger partial charge in [0.15, 0.2) is 22.3 Å². The van der Waals surface area contributed by atoms with Crippen molar-refractivity contribution >= 4 is 15.9 Å². The molecular formula is C40H57F23N6O4S. The van der Waals surface area contributed by atoms with Crippen LogP contribution < -0.4 is 37.7 Å². The summed E-state index contributed by atoms with van der Waals surface area (Å²) in [4.78, 5) is 7.52. The number of hydrogen-bond acceptors (Lipinski definition) is 8. The molecule has 1 aromatic carbocycles. The van der Waals surface area contributed by atoms with E-state index in [4.69, 9.17) is 17.2 Å². The number of nitrogens with one attached hydrogen (secondary N) is 2. The van der Waals surface area contributed by atoms with Crippen molar-refractivity contribution < 1.29 is 119 Å². The van der Waals surface area contributed by atoms with Crippen LogP contribution in [0.25, 0.3) is 0 Å². The Morgan fingerprint density at radius 3 is 1.15 bits per heavy atom. The van der Waals surface area contributed by atoms with E-state index in [9.17, 15) is 114 Å². The predicted octanol–water partition coefficient (Wildman–Crippen LogP) is 11.2. The molecule has 0 atom stereocenters. The Bertz CT molecular complexity index is 1990. The summed E-state index contributed by atoms with van der Waals surface area (Å²) in [5.41, 5.74) is 15.6. The molecule has 0 heterocycles. The van der Waals surface area contributed by atoms with Crippen LogP contribution in [0.15, 0.2) is 16.7 Å². The fourth-order valence-electron chi connectivity index (χ4n) is 5.80. The standard InChI is InChI=1S/C18H37NO.C16H2F23NO3S.C6H18N4/c1-2-3-4-5-6-7-8-9-10-11-12-13-14-15-16-17-18(19)20;17-1-2(18)4(20)6(44(40,41)42)5(3(1)19)43-8(22)7(21)9(23,24)10(25,26)11(27,28)12(29,30)13(31,32)14(33,34)15(35,36)16(37,38)39;7-1-3-9-5-6-10-4-2-8/h2-17H2,1H3,(H2,19,20);(H2,40,41,42);9-10H,1-8H2. The zero-order valence-corrected chi connectivity index (χ0v) is 39.9. The second-order valence-corrected chi connectivity index (χ2v) is 17.4. The van der Waals surface area contributed by atoms with E-state index in [1.165, 1.54) is 89.9 Å². The second kappa shape index (κ2) is 30.9. The summed E-state index contributed by atoms with van der Waals surface area (Å²) in [6, 6.07) is -4.57. The Morgan fingerprint density at radius 2 is 0.824 bits per heavy atom. The van der Waals surface area contributed by atoms with E-state index in [1.54, 1.807) is 0 Å². The van der Waals surface area contributed by atoms with Gasteiger partial charge in [-0.25, -0.2) is 26.7 Å². The van der Waals surface area contributed by atoms with Crippen LogP contribution in [0.4, 0.5) is 101 Å². The summed E-state index contributed by atoms with van der Waals surface area (Å²) in [7, 11) is -6.17. The third kappa shape index (κ3) is 19.1. The quantitative estimate of drug-likeness (QED) is 0.0132. The van der Waals surface area contributed by atoms with Gasteiger partial charge in [0.2, 0.25) is 33.4 Å². The number of ether oxygens (including phenoxy) is 1. The van der Waals surface area contributed by atoms with E-state index < -0.39 is 103 Å². The Hall–Kier alpha value is -3.63. The molecule has 10 N–H and O–H groups in total. The van der Waals surface area contributed by atoms with E-state index in [-0.39, 0.29) is 5.91 Å². The molecule has 0 radical (unpaired) electrons. The molecule has 0 saturated heterocycles. The van der Waals surface area contributed by atoms with E-state index >= 15 is 0 Å². The molecule has 0 aliphatic carbocycles. The number of carbonyl (C=O) groups excluding carboxylic acids is 1. The minimum atomic E-state index is -9.22.